The fourth-order valence-electron chi connectivity index (χ4n) is 1.40. The summed E-state index contributed by atoms with van der Waals surface area (Å²) in [5.41, 5.74) is 1.37. The molecule has 3 nitrogen and oxygen atoms in total. The molecule has 0 atom stereocenters. The summed E-state index contributed by atoms with van der Waals surface area (Å²) in [4.78, 5) is 15.7. The van der Waals surface area contributed by atoms with Crippen LogP contribution in [0.4, 0.5) is 0 Å². The molecule has 0 aliphatic carbocycles. The highest BCUT2D eigenvalue weighted by Gasteiger charge is 2.06. The lowest BCUT2D eigenvalue weighted by atomic mass is 10.2. The predicted molar refractivity (Wildman–Crippen MR) is 66.9 cm³/mol. The lowest BCUT2D eigenvalue weighted by Gasteiger charge is -2.04. The Morgan fingerprint density at radius 2 is 2.00 bits per heavy atom. The maximum atomic E-state index is 11.7. The van der Waals surface area contributed by atoms with Crippen molar-refractivity contribution in [1.82, 2.24) is 10.3 Å². The smallest absolute Gasteiger partial charge is 0.270 e. The number of benzene rings is 1. The molecule has 4 heteroatoms. The van der Waals surface area contributed by atoms with Crippen LogP contribution < -0.4 is 5.32 Å². The summed E-state index contributed by atoms with van der Waals surface area (Å²) in [6, 6.07) is 12.9. The summed E-state index contributed by atoms with van der Waals surface area (Å²) < 4.78 is 0. The molecule has 2 rings (SSSR count). The number of nitrogens with zero attached hydrogens (tertiary/aromatic N) is 1. The van der Waals surface area contributed by atoms with Crippen LogP contribution in [0.3, 0.4) is 0 Å². The van der Waals surface area contributed by atoms with Gasteiger partial charge in [0.05, 0.1) is 0 Å². The van der Waals surface area contributed by atoms with Crippen LogP contribution in [0, 0.1) is 0 Å². The molecule has 0 saturated carbocycles. The molecule has 0 unspecified atom stereocenters. The van der Waals surface area contributed by atoms with Gasteiger partial charge >= 0.3 is 0 Å². The van der Waals surface area contributed by atoms with Gasteiger partial charge < -0.3 is 5.32 Å². The van der Waals surface area contributed by atoms with Crippen molar-refractivity contribution in [3.63, 3.8) is 0 Å². The van der Waals surface area contributed by atoms with E-state index in [4.69, 9.17) is 11.6 Å². The molecular weight excluding hydrogens is 236 g/mol. The number of hydrogen-bond acceptors (Lipinski definition) is 2. The lowest BCUT2D eigenvalue weighted by Crippen LogP contribution is -2.23. The Labute approximate surface area is 104 Å². The molecule has 0 saturated heterocycles. The van der Waals surface area contributed by atoms with E-state index in [1.165, 1.54) is 6.20 Å². The molecule has 17 heavy (non-hydrogen) atoms. The fraction of sp³-hybridized carbons (Fsp3) is 0.0769. The SMILES string of the molecule is O=C(NCc1ccccc1)c1cc(Cl)ccn1. The van der Waals surface area contributed by atoms with Crippen molar-refractivity contribution in [1.29, 1.82) is 0 Å². The van der Waals surface area contributed by atoms with Crippen LogP contribution in [0.5, 0.6) is 0 Å². The second kappa shape index (κ2) is 5.46. The van der Waals surface area contributed by atoms with Crippen molar-refractivity contribution in [3.8, 4) is 0 Å². The molecule has 0 aliphatic heterocycles. The first-order valence-corrected chi connectivity index (χ1v) is 5.57. The van der Waals surface area contributed by atoms with Crippen LogP contribution in [-0.4, -0.2) is 10.9 Å². The largest absolute Gasteiger partial charge is 0.347 e. The number of amides is 1. The number of hydrogen-bond donors (Lipinski definition) is 1. The highest BCUT2D eigenvalue weighted by Crippen LogP contribution is 2.08. The number of rotatable bonds is 3. The van der Waals surface area contributed by atoms with E-state index >= 15 is 0 Å². The standard InChI is InChI=1S/C13H11ClN2O/c14-11-6-7-15-12(8-11)13(17)16-9-10-4-2-1-3-5-10/h1-8H,9H2,(H,16,17). The first-order valence-electron chi connectivity index (χ1n) is 5.19. The number of pyridine rings is 1. The number of nitrogens with one attached hydrogen (secondary N) is 1. The number of carbonyl (C=O) groups is 1. The summed E-state index contributed by atoms with van der Waals surface area (Å²) in [6.07, 6.45) is 1.51. The van der Waals surface area contributed by atoms with Crippen molar-refractivity contribution in [2.75, 3.05) is 0 Å². The maximum Gasteiger partial charge on any atom is 0.270 e. The van der Waals surface area contributed by atoms with E-state index in [-0.39, 0.29) is 5.91 Å². The molecule has 0 bridgehead atoms. The van der Waals surface area contributed by atoms with Gasteiger partial charge in [0.1, 0.15) is 5.69 Å². The Hall–Kier alpha value is -1.87. The zero-order valence-electron chi connectivity index (χ0n) is 9.06. The normalized spacial score (nSPS) is 9.94. The van der Waals surface area contributed by atoms with Gasteiger partial charge in [-0.15, -0.1) is 0 Å². The minimum Gasteiger partial charge on any atom is -0.347 e. The summed E-state index contributed by atoms with van der Waals surface area (Å²) in [7, 11) is 0. The second-order valence-electron chi connectivity index (χ2n) is 3.53. The zero-order chi connectivity index (χ0) is 12.1. The molecular formula is C13H11ClN2O. The van der Waals surface area contributed by atoms with E-state index in [1.54, 1.807) is 12.1 Å². The molecule has 1 heterocycles. The van der Waals surface area contributed by atoms with Crippen molar-refractivity contribution in [2.24, 2.45) is 0 Å². The lowest BCUT2D eigenvalue weighted by molar-refractivity contribution is 0.0946. The highest BCUT2D eigenvalue weighted by molar-refractivity contribution is 6.30. The Morgan fingerprint density at radius 1 is 1.24 bits per heavy atom. The zero-order valence-corrected chi connectivity index (χ0v) is 9.82. The molecule has 86 valence electrons. The van der Waals surface area contributed by atoms with Gasteiger partial charge in [0.15, 0.2) is 0 Å². The molecule has 1 amide bonds. The summed E-state index contributed by atoms with van der Waals surface area (Å²) in [5.74, 6) is -0.226. The van der Waals surface area contributed by atoms with Gasteiger partial charge in [-0.05, 0) is 17.7 Å². The Bertz CT molecular complexity index is 514. The van der Waals surface area contributed by atoms with Crippen LogP contribution in [-0.2, 0) is 6.54 Å². The van der Waals surface area contributed by atoms with Gasteiger partial charge in [-0.3, -0.25) is 9.78 Å². The van der Waals surface area contributed by atoms with Gasteiger partial charge in [-0.1, -0.05) is 41.9 Å². The minimum atomic E-state index is -0.226. The van der Waals surface area contributed by atoms with Gasteiger partial charge in [-0.2, -0.15) is 0 Å². The van der Waals surface area contributed by atoms with Crippen LogP contribution >= 0.6 is 11.6 Å². The molecule has 0 aliphatic rings. The maximum absolute atomic E-state index is 11.7. The predicted octanol–water partition coefficient (Wildman–Crippen LogP) is 2.67. The molecule has 1 aromatic carbocycles. The van der Waals surface area contributed by atoms with Crippen molar-refractivity contribution in [2.45, 2.75) is 6.54 Å². The van der Waals surface area contributed by atoms with Crippen LogP contribution in [0.15, 0.2) is 48.7 Å². The van der Waals surface area contributed by atoms with Crippen molar-refractivity contribution in [3.05, 3.63) is 64.9 Å². The Morgan fingerprint density at radius 3 is 2.71 bits per heavy atom. The summed E-state index contributed by atoms with van der Waals surface area (Å²) in [5, 5.41) is 3.29. The highest BCUT2D eigenvalue weighted by atomic mass is 35.5. The molecule has 2 aromatic rings. The molecule has 1 N–H and O–H groups in total. The Kier molecular flexibility index (Phi) is 3.73. The van der Waals surface area contributed by atoms with Crippen LogP contribution in [0.1, 0.15) is 16.1 Å². The number of aromatic nitrogens is 1. The van der Waals surface area contributed by atoms with Crippen molar-refractivity contribution < 1.29 is 4.79 Å². The summed E-state index contributed by atoms with van der Waals surface area (Å²) >= 11 is 5.79. The third-order valence-electron chi connectivity index (χ3n) is 2.25. The fourth-order valence-corrected chi connectivity index (χ4v) is 1.56. The quantitative estimate of drug-likeness (QED) is 0.905. The molecule has 1 aromatic heterocycles. The van der Waals surface area contributed by atoms with E-state index in [0.717, 1.165) is 5.56 Å². The van der Waals surface area contributed by atoms with E-state index < -0.39 is 0 Å². The van der Waals surface area contributed by atoms with E-state index in [9.17, 15) is 4.79 Å². The Balaban J connectivity index is 1.98. The third kappa shape index (κ3) is 3.29. The summed E-state index contributed by atoms with van der Waals surface area (Å²) in [6.45, 7) is 0.480. The van der Waals surface area contributed by atoms with Gasteiger partial charge in [-0.25, -0.2) is 0 Å². The van der Waals surface area contributed by atoms with Crippen LogP contribution in [0.2, 0.25) is 5.02 Å². The van der Waals surface area contributed by atoms with E-state index in [0.29, 0.717) is 17.3 Å². The topological polar surface area (TPSA) is 42.0 Å². The average molecular weight is 247 g/mol. The van der Waals surface area contributed by atoms with E-state index in [2.05, 4.69) is 10.3 Å². The van der Waals surface area contributed by atoms with E-state index in [1.807, 2.05) is 30.3 Å². The second-order valence-corrected chi connectivity index (χ2v) is 3.96. The molecule has 0 radical (unpaired) electrons. The van der Waals surface area contributed by atoms with Crippen molar-refractivity contribution >= 4 is 17.5 Å². The van der Waals surface area contributed by atoms with Crippen LogP contribution in [0.25, 0.3) is 0 Å². The van der Waals surface area contributed by atoms with Gasteiger partial charge in [0, 0.05) is 17.8 Å². The minimum absolute atomic E-state index is 0.226. The molecule has 0 fully saturated rings. The number of carbonyl (C=O) groups excluding carboxylic acids is 1. The number of halogens is 1. The molecule has 0 spiro atoms. The van der Waals surface area contributed by atoms with Gasteiger partial charge in [0.2, 0.25) is 0 Å². The monoisotopic (exact) mass is 246 g/mol. The first kappa shape index (κ1) is 11.6. The average Bonchev–Trinajstić information content (AvgIpc) is 2.37. The first-order chi connectivity index (χ1) is 8.25. The van der Waals surface area contributed by atoms with Gasteiger partial charge in [0.25, 0.3) is 5.91 Å². The third-order valence-corrected chi connectivity index (χ3v) is 2.49.